The summed E-state index contributed by atoms with van der Waals surface area (Å²) in [4.78, 5) is 16.3. The van der Waals surface area contributed by atoms with Crippen LogP contribution in [-0.2, 0) is 4.79 Å². The smallest absolute Gasteiger partial charge is 0.387 e. The van der Waals surface area contributed by atoms with Crippen molar-refractivity contribution in [2.75, 3.05) is 11.9 Å². The summed E-state index contributed by atoms with van der Waals surface area (Å²) < 4.78 is 29.9. The first-order chi connectivity index (χ1) is 13.0. The van der Waals surface area contributed by atoms with Crippen molar-refractivity contribution in [3.8, 4) is 5.75 Å². The van der Waals surface area contributed by atoms with Gasteiger partial charge in [0.2, 0.25) is 0 Å². The summed E-state index contributed by atoms with van der Waals surface area (Å²) in [5.41, 5.74) is 4.31. The summed E-state index contributed by atoms with van der Waals surface area (Å²) in [5, 5.41) is 7.58. The quantitative estimate of drug-likeness (QED) is 0.475. The van der Waals surface area contributed by atoms with E-state index in [-0.39, 0.29) is 18.2 Å². The van der Waals surface area contributed by atoms with Crippen molar-refractivity contribution in [1.29, 1.82) is 0 Å². The monoisotopic (exact) mass is 390 g/mol. The molecule has 0 bridgehead atoms. The first-order valence-corrected chi connectivity index (χ1v) is 8.81. The van der Waals surface area contributed by atoms with Gasteiger partial charge >= 0.3 is 6.61 Å². The van der Waals surface area contributed by atoms with Gasteiger partial charge in [-0.3, -0.25) is 4.79 Å². The molecule has 0 saturated heterocycles. The molecule has 6 nitrogen and oxygen atoms in total. The predicted molar refractivity (Wildman–Crippen MR) is 102 cm³/mol. The number of amides is 1. The van der Waals surface area contributed by atoms with E-state index in [4.69, 9.17) is 0 Å². The van der Waals surface area contributed by atoms with Gasteiger partial charge in [0.1, 0.15) is 5.75 Å². The average molecular weight is 390 g/mol. The maximum atomic E-state index is 12.3. The highest BCUT2D eigenvalue weighted by atomic mass is 32.1. The summed E-state index contributed by atoms with van der Waals surface area (Å²) in [6.07, 6.45) is 0. The van der Waals surface area contributed by atoms with Crippen LogP contribution in [0.5, 0.6) is 5.75 Å². The molecule has 0 spiro atoms. The number of benzene rings is 2. The van der Waals surface area contributed by atoms with E-state index >= 15 is 0 Å². The number of halogens is 2. The summed E-state index contributed by atoms with van der Waals surface area (Å²) >= 11 is 1.45. The second-order valence-electron chi connectivity index (χ2n) is 5.48. The molecule has 1 amide bonds. The molecule has 0 unspecified atom stereocenters. The minimum Gasteiger partial charge on any atom is -0.435 e. The number of nitrogens with one attached hydrogen (secondary N) is 2. The highest BCUT2D eigenvalue weighted by Crippen LogP contribution is 2.25. The van der Waals surface area contributed by atoms with Crippen molar-refractivity contribution in [3.05, 3.63) is 54.1 Å². The van der Waals surface area contributed by atoms with Crippen LogP contribution in [0.3, 0.4) is 0 Å². The van der Waals surface area contributed by atoms with Crippen LogP contribution in [0.25, 0.3) is 10.2 Å². The van der Waals surface area contributed by atoms with Crippen LogP contribution in [0.2, 0.25) is 0 Å². The van der Waals surface area contributed by atoms with Crippen molar-refractivity contribution in [1.82, 2.24) is 10.4 Å². The molecule has 1 aromatic heterocycles. The number of rotatable bonds is 7. The SMILES string of the molecule is C/C(=N/NC(=O)CNc1nc2ccccc2s1)c1cccc(OC(F)F)c1. The van der Waals surface area contributed by atoms with Crippen molar-refractivity contribution in [2.24, 2.45) is 5.10 Å². The van der Waals surface area contributed by atoms with E-state index in [1.165, 1.54) is 23.5 Å². The van der Waals surface area contributed by atoms with Gasteiger partial charge in [-0.25, -0.2) is 10.4 Å². The second kappa shape index (κ2) is 8.54. The number of nitrogens with zero attached hydrogens (tertiary/aromatic N) is 2. The Morgan fingerprint density at radius 1 is 1.26 bits per heavy atom. The van der Waals surface area contributed by atoms with Crippen LogP contribution in [0.1, 0.15) is 12.5 Å². The fraction of sp³-hybridized carbons (Fsp3) is 0.167. The molecule has 2 aromatic carbocycles. The van der Waals surface area contributed by atoms with Crippen LogP contribution < -0.4 is 15.5 Å². The number of para-hydroxylation sites is 1. The number of aromatic nitrogens is 1. The Balaban J connectivity index is 1.55. The van der Waals surface area contributed by atoms with E-state index in [0.29, 0.717) is 16.4 Å². The van der Waals surface area contributed by atoms with Crippen LogP contribution in [0.15, 0.2) is 53.6 Å². The van der Waals surface area contributed by atoms with Gasteiger partial charge < -0.3 is 10.1 Å². The van der Waals surface area contributed by atoms with Gasteiger partial charge in [-0.05, 0) is 31.2 Å². The lowest BCUT2D eigenvalue weighted by Crippen LogP contribution is -2.26. The van der Waals surface area contributed by atoms with Crippen molar-refractivity contribution in [2.45, 2.75) is 13.5 Å². The molecule has 0 aliphatic carbocycles. The molecule has 0 atom stereocenters. The maximum absolute atomic E-state index is 12.3. The third-order valence-corrected chi connectivity index (χ3v) is 4.51. The van der Waals surface area contributed by atoms with Crippen LogP contribution in [0.4, 0.5) is 13.9 Å². The molecule has 3 aromatic rings. The third kappa shape index (κ3) is 5.20. The Labute approximate surface area is 157 Å². The standard InChI is InChI=1S/C18H16F2N4O2S/c1-11(12-5-4-6-13(9-12)26-17(19)20)23-24-16(25)10-21-18-22-14-7-2-3-8-15(14)27-18/h2-9,17H,10H2,1H3,(H,21,22)(H,24,25)/b23-11-. The molecule has 2 N–H and O–H groups in total. The van der Waals surface area contributed by atoms with E-state index < -0.39 is 6.61 Å². The van der Waals surface area contributed by atoms with Gasteiger partial charge in [0.05, 0.1) is 22.5 Å². The first-order valence-electron chi connectivity index (χ1n) is 7.99. The number of hydrazone groups is 1. The average Bonchev–Trinajstić information content (AvgIpc) is 3.07. The Morgan fingerprint density at radius 3 is 2.85 bits per heavy atom. The van der Waals surface area contributed by atoms with E-state index in [1.807, 2.05) is 24.3 Å². The number of alkyl halides is 2. The van der Waals surface area contributed by atoms with Crippen molar-refractivity contribution < 1.29 is 18.3 Å². The molecule has 0 aliphatic heterocycles. The van der Waals surface area contributed by atoms with E-state index in [0.717, 1.165) is 10.2 Å². The zero-order valence-electron chi connectivity index (χ0n) is 14.3. The Hall–Kier alpha value is -3.07. The minimum absolute atomic E-state index is 0.00509. The Bertz CT molecular complexity index is 942. The maximum Gasteiger partial charge on any atom is 0.387 e. The Kier molecular flexibility index (Phi) is 5.92. The third-order valence-electron chi connectivity index (χ3n) is 3.52. The fourth-order valence-corrected chi connectivity index (χ4v) is 3.11. The molecular weight excluding hydrogens is 374 g/mol. The molecule has 3 rings (SSSR count). The number of hydrogen-bond acceptors (Lipinski definition) is 6. The lowest BCUT2D eigenvalue weighted by molar-refractivity contribution is -0.119. The van der Waals surface area contributed by atoms with Gasteiger partial charge in [-0.1, -0.05) is 35.6 Å². The largest absolute Gasteiger partial charge is 0.435 e. The first kappa shape index (κ1) is 18.7. The molecule has 9 heteroatoms. The molecule has 0 saturated carbocycles. The minimum atomic E-state index is -2.90. The lowest BCUT2D eigenvalue weighted by atomic mass is 10.1. The van der Waals surface area contributed by atoms with Gasteiger partial charge in [0.15, 0.2) is 5.13 Å². The highest BCUT2D eigenvalue weighted by Gasteiger charge is 2.08. The van der Waals surface area contributed by atoms with E-state index in [2.05, 4.69) is 25.6 Å². The summed E-state index contributed by atoms with van der Waals surface area (Å²) in [6.45, 7) is -1.24. The van der Waals surface area contributed by atoms with Crippen LogP contribution >= 0.6 is 11.3 Å². The fourth-order valence-electron chi connectivity index (χ4n) is 2.25. The predicted octanol–water partition coefficient (Wildman–Crippen LogP) is 3.85. The number of fused-ring (bicyclic) bond motifs is 1. The highest BCUT2D eigenvalue weighted by molar-refractivity contribution is 7.22. The number of carbonyl (C=O) groups excluding carboxylic acids is 1. The molecule has 0 radical (unpaired) electrons. The van der Waals surface area contributed by atoms with Crippen LogP contribution in [-0.4, -0.2) is 29.8 Å². The van der Waals surface area contributed by atoms with Gasteiger partial charge in [0, 0.05) is 5.56 Å². The number of hydrogen-bond donors (Lipinski definition) is 2. The van der Waals surface area contributed by atoms with Crippen molar-refractivity contribution >= 4 is 38.3 Å². The molecule has 0 fully saturated rings. The molecule has 27 heavy (non-hydrogen) atoms. The molecular formula is C18H16F2N4O2S. The number of carbonyl (C=O) groups is 1. The van der Waals surface area contributed by atoms with Crippen molar-refractivity contribution in [3.63, 3.8) is 0 Å². The van der Waals surface area contributed by atoms with Gasteiger partial charge in [-0.2, -0.15) is 13.9 Å². The lowest BCUT2D eigenvalue weighted by Gasteiger charge is -2.07. The summed E-state index contributed by atoms with van der Waals surface area (Å²) in [6, 6.07) is 13.8. The van der Waals surface area contributed by atoms with Gasteiger partial charge in [-0.15, -0.1) is 0 Å². The van der Waals surface area contributed by atoms with E-state index in [1.54, 1.807) is 19.1 Å². The van der Waals surface area contributed by atoms with Gasteiger partial charge in [0.25, 0.3) is 5.91 Å². The Morgan fingerprint density at radius 2 is 2.07 bits per heavy atom. The molecule has 140 valence electrons. The number of thiazole rings is 1. The molecule has 1 heterocycles. The zero-order chi connectivity index (χ0) is 19.2. The second-order valence-corrected chi connectivity index (χ2v) is 6.51. The zero-order valence-corrected chi connectivity index (χ0v) is 15.1. The van der Waals surface area contributed by atoms with Crippen LogP contribution in [0, 0.1) is 0 Å². The summed E-state index contributed by atoms with van der Waals surface area (Å²) in [5.74, 6) is -0.325. The number of anilines is 1. The normalized spacial score (nSPS) is 11.6. The van der Waals surface area contributed by atoms with E-state index in [9.17, 15) is 13.6 Å². The number of ether oxygens (including phenoxy) is 1. The molecule has 0 aliphatic rings. The topological polar surface area (TPSA) is 75.6 Å². The summed E-state index contributed by atoms with van der Waals surface area (Å²) in [7, 11) is 0.